The predicted molar refractivity (Wildman–Crippen MR) is 121 cm³/mol. The molecule has 0 aliphatic heterocycles. The molecule has 1 aromatic heterocycles. The van der Waals surface area contributed by atoms with Crippen LogP contribution in [0.1, 0.15) is 25.7 Å². The van der Waals surface area contributed by atoms with E-state index in [0.717, 1.165) is 34.2 Å². The Hall–Kier alpha value is -3.36. The number of rotatable bonds is 5. The minimum absolute atomic E-state index is 0.00724. The third-order valence-electron chi connectivity index (χ3n) is 4.19. The summed E-state index contributed by atoms with van der Waals surface area (Å²) in [5.74, 6) is -3.07. The van der Waals surface area contributed by atoms with Gasteiger partial charge in [0.2, 0.25) is 0 Å². The highest BCUT2D eigenvalue weighted by atomic mass is 35.5. The van der Waals surface area contributed by atoms with Crippen LogP contribution in [-0.2, 0) is 6.61 Å². The normalized spacial score (nSPS) is 10.2. The third-order valence-corrected chi connectivity index (χ3v) is 5.44. The fourth-order valence-electron chi connectivity index (χ4n) is 2.66. The Morgan fingerprint density at radius 2 is 1.91 bits per heavy atom. The molecule has 0 unspecified atom stereocenters. The average molecular weight is 475 g/mol. The van der Waals surface area contributed by atoms with Crippen molar-refractivity contribution in [2.45, 2.75) is 6.61 Å². The standard InChI is InChI=1S/C16H11ClF2N2O2S.C7H6O/c1-20-16(22)14-9(18)3-4-11(15(14)19)23-7-13-21-10-6-8(17)2-5-12(10)24-13;8-6-7-4-2-1-3-5-7/h2-6H,7H2,1H3,(H,20,22);1-6H. The molecular weight excluding hydrogens is 458 g/mol. The highest BCUT2D eigenvalue weighted by Gasteiger charge is 2.20. The Morgan fingerprint density at radius 1 is 1.16 bits per heavy atom. The number of halogens is 3. The van der Waals surface area contributed by atoms with Gasteiger partial charge in [-0.2, -0.15) is 0 Å². The lowest BCUT2D eigenvalue weighted by Crippen LogP contribution is -2.21. The molecule has 164 valence electrons. The van der Waals surface area contributed by atoms with Gasteiger partial charge in [0.15, 0.2) is 11.6 Å². The molecule has 0 aliphatic rings. The van der Waals surface area contributed by atoms with Crippen LogP contribution in [0.2, 0.25) is 5.02 Å². The van der Waals surface area contributed by atoms with Crippen molar-refractivity contribution in [3.63, 3.8) is 0 Å². The second-order valence-electron chi connectivity index (χ2n) is 6.35. The molecule has 32 heavy (non-hydrogen) atoms. The van der Waals surface area contributed by atoms with Gasteiger partial charge in [-0.1, -0.05) is 41.9 Å². The monoisotopic (exact) mass is 474 g/mol. The molecule has 0 aliphatic carbocycles. The number of nitrogens with zero attached hydrogens (tertiary/aromatic N) is 1. The van der Waals surface area contributed by atoms with E-state index >= 15 is 0 Å². The minimum Gasteiger partial charge on any atom is -0.483 e. The van der Waals surface area contributed by atoms with E-state index in [2.05, 4.69) is 10.3 Å². The number of carbonyl (C=O) groups is 2. The summed E-state index contributed by atoms with van der Waals surface area (Å²) in [6.07, 6.45) is 0.833. The molecule has 9 heteroatoms. The minimum atomic E-state index is -1.04. The van der Waals surface area contributed by atoms with Crippen LogP contribution in [0.25, 0.3) is 10.2 Å². The maximum absolute atomic E-state index is 14.3. The zero-order valence-electron chi connectivity index (χ0n) is 16.8. The molecule has 5 nitrogen and oxygen atoms in total. The SMILES string of the molecule is CNC(=O)c1c(F)ccc(OCc2nc3cc(Cl)ccc3s2)c1F.O=Cc1ccccc1. The van der Waals surface area contributed by atoms with Crippen LogP contribution in [0.5, 0.6) is 5.75 Å². The number of fused-ring (bicyclic) bond motifs is 1. The maximum atomic E-state index is 14.3. The van der Waals surface area contributed by atoms with Crippen molar-refractivity contribution >= 4 is 45.3 Å². The topological polar surface area (TPSA) is 68.3 Å². The first-order chi connectivity index (χ1) is 15.4. The number of thiazole rings is 1. The number of hydrogen-bond acceptors (Lipinski definition) is 5. The Labute approximate surface area is 191 Å². The fraction of sp³-hybridized carbons (Fsp3) is 0.0870. The van der Waals surface area contributed by atoms with Crippen molar-refractivity contribution in [2.24, 2.45) is 0 Å². The molecule has 1 heterocycles. The highest BCUT2D eigenvalue weighted by Crippen LogP contribution is 2.28. The molecule has 0 saturated carbocycles. The lowest BCUT2D eigenvalue weighted by Gasteiger charge is -2.09. The van der Waals surface area contributed by atoms with Crippen LogP contribution < -0.4 is 10.1 Å². The van der Waals surface area contributed by atoms with Gasteiger partial charge in [-0.15, -0.1) is 11.3 Å². The summed E-state index contributed by atoms with van der Waals surface area (Å²) in [5.41, 5.74) is 0.773. The Morgan fingerprint density at radius 3 is 2.56 bits per heavy atom. The molecule has 1 N–H and O–H groups in total. The summed E-state index contributed by atoms with van der Waals surface area (Å²) < 4.78 is 34.2. The lowest BCUT2D eigenvalue weighted by molar-refractivity contribution is 0.0953. The maximum Gasteiger partial charge on any atom is 0.257 e. The number of aromatic nitrogens is 1. The summed E-state index contributed by atoms with van der Waals surface area (Å²) in [6.45, 7) is -0.00724. The number of benzene rings is 3. The Kier molecular flexibility index (Phi) is 7.86. The molecule has 0 fully saturated rings. The smallest absolute Gasteiger partial charge is 0.257 e. The van der Waals surface area contributed by atoms with E-state index in [9.17, 15) is 18.4 Å². The zero-order valence-corrected chi connectivity index (χ0v) is 18.3. The summed E-state index contributed by atoms with van der Waals surface area (Å²) in [6, 6.07) is 16.5. The van der Waals surface area contributed by atoms with E-state index in [1.807, 2.05) is 24.3 Å². The van der Waals surface area contributed by atoms with Crippen molar-refractivity contribution in [1.29, 1.82) is 0 Å². The highest BCUT2D eigenvalue weighted by molar-refractivity contribution is 7.18. The van der Waals surface area contributed by atoms with E-state index < -0.39 is 23.1 Å². The van der Waals surface area contributed by atoms with Crippen LogP contribution in [0.4, 0.5) is 8.78 Å². The molecule has 0 radical (unpaired) electrons. The number of aldehydes is 1. The van der Waals surface area contributed by atoms with Gasteiger partial charge in [0.1, 0.15) is 29.3 Å². The van der Waals surface area contributed by atoms with Gasteiger partial charge in [0.05, 0.1) is 10.2 Å². The van der Waals surface area contributed by atoms with Crippen molar-refractivity contribution in [3.8, 4) is 5.75 Å². The predicted octanol–water partition coefficient (Wildman–Crippen LogP) is 5.67. The van der Waals surface area contributed by atoms with Gasteiger partial charge in [0.25, 0.3) is 5.91 Å². The summed E-state index contributed by atoms with van der Waals surface area (Å²) >= 11 is 7.29. The van der Waals surface area contributed by atoms with Gasteiger partial charge in [-0.3, -0.25) is 9.59 Å². The largest absolute Gasteiger partial charge is 0.483 e. The van der Waals surface area contributed by atoms with Crippen LogP contribution in [-0.4, -0.2) is 24.2 Å². The van der Waals surface area contributed by atoms with Gasteiger partial charge in [-0.05, 0) is 30.3 Å². The molecule has 0 atom stereocenters. The third kappa shape index (κ3) is 5.66. The van der Waals surface area contributed by atoms with E-state index in [0.29, 0.717) is 10.0 Å². The van der Waals surface area contributed by atoms with Crippen LogP contribution in [0.3, 0.4) is 0 Å². The molecule has 4 rings (SSSR count). The van der Waals surface area contributed by atoms with Gasteiger partial charge < -0.3 is 10.1 Å². The molecule has 0 bridgehead atoms. The van der Waals surface area contributed by atoms with E-state index in [1.165, 1.54) is 18.4 Å². The van der Waals surface area contributed by atoms with Crippen molar-refractivity contribution in [2.75, 3.05) is 7.05 Å². The average Bonchev–Trinajstić information content (AvgIpc) is 3.21. The van der Waals surface area contributed by atoms with Crippen LogP contribution in [0.15, 0.2) is 60.7 Å². The molecule has 0 spiro atoms. The first-order valence-electron chi connectivity index (χ1n) is 9.31. The molecule has 3 aromatic carbocycles. The molecule has 1 amide bonds. The van der Waals surface area contributed by atoms with Crippen molar-refractivity contribution < 1.29 is 23.1 Å². The van der Waals surface area contributed by atoms with Crippen LogP contribution in [0, 0.1) is 11.6 Å². The quantitative estimate of drug-likeness (QED) is 0.379. The second kappa shape index (κ2) is 10.8. The van der Waals surface area contributed by atoms with Crippen molar-refractivity contribution in [1.82, 2.24) is 10.3 Å². The fourth-order valence-corrected chi connectivity index (χ4v) is 3.69. The Bertz CT molecular complexity index is 1250. The van der Waals surface area contributed by atoms with E-state index in [4.69, 9.17) is 16.3 Å². The summed E-state index contributed by atoms with van der Waals surface area (Å²) in [7, 11) is 1.29. The van der Waals surface area contributed by atoms with Gasteiger partial charge in [0, 0.05) is 17.6 Å². The van der Waals surface area contributed by atoms with Crippen molar-refractivity contribution in [3.05, 3.63) is 93.5 Å². The number of nitrogens with one attached hydrogen (secondary N) is 1. The van der Waals surface area contributed by atoms with E-state index in [1.54, 1.807) is 24.3 Å². The summed E-state index contributed by atoms with van der Waals surface area (Å²) in [5, 5.41) is 3.37. The zero-order chi connectivity index (χ0) is 23.1. The summed E-state index contributed by atoms with van der Waals surface area (Å²) in [4.78, 5) is 25.9. The second-order valence-corrected chi connectivity index (χ2v) is 7.90. The first kappa shape index (κ1) is 23.3. The molecular formula is C23H17ClF2N2O3S. The van der Waals surface area contributed by atoms with Gasteiger partial charge in [-0.25, -0.2) is 13.8 Å². The van der Waals surface area contributed by atoms with Crippen LogP contribution >= 0.6 is 22.9 Å². The molecule has 0 saturated heterocycles. The lowest BCUT2D eigenvalue weighted by atomic mass is 10.1. The first-order valence-corrected chi connectivity index (χ1v) is 10.5. The Balaban J connectivity index is 0.000000305. The number of carbonyl (C=O) groups excluding carboxylic acids is 2. The number of ether oxygens (including phenoxy) is 1. The van der Waals surface area contributed by atoms with Gasteiger partial charge >= 0.3 is 0 Å². The number of hydrogen-bond donors (Lipinski definition) is 1. The number of amides is 1. The molecule has 4 aromatic rings. The van der Waals surface area contributed by atoms with E-state index in [-0.39, 0.29) is 12.4 Å².